The van der Waals surface area contributed by atoms with Crippen LogP contribution in [0.25, 0.3) is 0 Å². The average molecular weight is 429 g/mol. The summed E-state index contributed by atoms with van der Waals surface area (Å²) in [5, 5.41) is 6.06. The number of hydrogen-bond donors (Lipinski definition) is 2. The predicted octanol–water partition coefficient (Wildman–Crippen LogP) is 5.37. The molecule has 0 saturated carbocycles. The van der Waals surface area contributed by atoms with Gasteiger partial charge in [-0.25, -0.2) is 0 Å². The number of hydrogen-bond acceptors (Lipinski definition) is 4. The number of halogens is 1. The molecular weight excluding hydrogens is 408 g/mol. The molecular formula is C22H21ClN2O3S. The second-order valence-electron chi connectivity index (χ2n) is 6.27. The average Bonchev–Trinajstić information content (AvgIpc) is 3.25. The lowest BCUT2D eigenvalue weighted by molar-refractivity contribution is -0.115. The van der Waals surface area contributed by atoms with Crippen LogP contribution in [0.4, 0.5) is 5.69 Å². The number of carbonyl (C=O) groups excluding carboxylic acids is 2. The molecule has 5 nitrogen and oxygen atoms in total. The number of anilines is 1. The molecule has 1 atom stereocenters. The molecule has 7 heteroatoms. The summed E-state index contributed by atoms with van der Waals surface area (Å²) in [6.45, 7) is 2.23. The molecule has 0 aliphatic heterocycles. The molecule has 0 radical (unpaired) electrons. The number of rotatable bonds is 8. The van der Waals surface area contributed by atoms with Gasteiger partial charge in [0.25, 0.3) is 5.91 Å². The van der Waals surface area contributed by atoms with Gasteiger partial charge in [-0.15, -0.1) is 11.8 Å². The van der Waals surface area contributed by atoms with Crippen molar-refractivity contribution in [3.8, 4) is 0 Å². The Balaban J connectivity index is 1.67. The molecule has 0 aliphatic carbocycles. The van der Waals surface area contributed by atoms with Crippen molar-refractivity contribution in [2.24, 2.45) is 0 Å². The minimum atomic E-state index is -0.296. The summed E-state index contributed by atoms with van der Waals surface area (Å²) < 4.78 is 5.23. The number of nitrogens with one attached hydrogen (secondary N) is 2. The van der Waals surface area contributed by atoms with Gasteiger partial charge in [0.1, 0.15) is 5.76 Å². The molecule has 2 N–H and O–H groups in total. The highest BCUT2D eigenvalue weighted by Crippen LogP contribution is 2.28. The topological polar surface area (TPSA) is 71.3 Å². The summed E-state index contributed by atoms with van der Waals surface area (Å²) in [5.74, 6) is 0.222. The summed E-state index contributed by atoms with van der Waals surface area (Å²) >= 11 is 7.39. The van der Waals surface area contributed by atoms with Gasteiger partial charge in [0.15, 0.2) is 0 Å². The maximum atomic E-state index is 12.8. The fourth-order valence-corrected chi connectivity index (χ4v) is 3.76. The lowest BCUT2D eigenvalue weighted by Crippen LogP contribution is -2.28. The van der Waals surface area contributed by atoms with Crippen molar-refractivity contribution in [1.29, 1.82) is 0 Å². The van der Waals surface area contributed by atoms with Crippen molar-refractivity contribution in [2.75, 3.05) is 5.32 Å². The van der Waals surface area contributed by atoms with E-state index in [4.69, 9.17) is 16.0 Å². The third-order valence-corrected chi connectivity index (χ3v) is 5.82. The Labute approximate surface area is 178 Å². The smallest absolute Gasteiger partial charge is 0.253 e. The molecule has 0 fully saturated rings. The van der Waals surface area contributed by atoms with Crippen molar-refractivity contribution < 1.29 is 14.0 Å². The largest absolute Gasteiger partial charge is 0.467 e. The zero-order valence-electron chi connectivity index (χ0n) is 15.9. The third-order valence-electron chi connectivity index (χ3n) is 4.19. The second kappa shape index (κ2) is 10.2. The maximum Gasteiger partial charge on any atom is 0.253 e. The summed E-state index contributed by atoms with van der Waals surface area (Å²) in [5.41, 5.74) is 0.878. The Morgan fingerprint density at radius 2 is 1.83 bits per heavy atom. The highest BCUT2D eigenvalue weighted by atomic mass is 35.5. The monoisotopic (exact) mass is 428 g/mol. The van der Waals surface area contributed by atoms with E-state index in [0.29, 0.717) is 28.5 Å². The van der Waals surface area contributed by atoms with Gasteiger partial charge in [-0.2, -0.15) is 0 Å². The van der Waals surface area contributed by atoms with Crippen LogP contribution in [0.2, 0.25) is 5.02 Å². The quantitative estimate of drug-likeness (QED) is 0.473. The summed E-state index contributed by atoms with van der Waals surface area (Å²) in [7, 11) is 0. The Hall–Kier alpha value is -2.70. The van der Waals surface area contributed by atoms with Crippen LogP contribution < -0.4 is 10.6 Å². The van der Waals surface area contributed by atoms with Crippen LogP contribution in [0, 0.1) is 0 Å². The van der Waals surface area contributed by atoms with E-state index in [2.05, 4.69) is 10.6 Å². The van der Waals surface area contributed by atoms with Crippen LogP contribution in [0.15, 0.2) is 76.2 Å². The van der Waals surface area contributed by atoms with Crippen molar-refractivity contribution >= 4 is 40.9 Å². The summed E-state index contributed by atoms with van der Waals surface area (Å²) in [6, 6.07) is 17.9. The van der Waals surface area contributed by atoms with Crippen LogP contribution in [0.3, 0.4) is 0 Å². The third kappa shape index (κ3) is 5.89. The summed E-state index contributed by atoms with van der Waals surface area (Å²) in [4.78, 5) is 26.4. The molecule has 0 aliphatic rings. The van der Waals surface area contributed by atoms with Crippen LogP contribution in [-0.2, 0) is 11.3 Å². The number of carbonyl (C=O) groups is 2. The van der Waals surface area contributed by atoms with Gasteiger partial charge in [0.2, 0.25) is 5.91 Å². The zero-order valence-corrected chi connectivity index (χ0v) is 17.4. The van der Waals surface area contributed by atoms with Crippen LogP contribution in [-0.4, -0.2) is 17.1 Å². The molecule has 150 valence electrons. The van der Waals surface area contributed by atoms with E-state index >= 15 is 0 Å². The van der Waals surface area contributed by atoms with E-state index in [1.54, 1.807) is 54.8 Å². The van der Waals surface area contributed by atoms with Gasteiger partial charge >= 0.3 is 0 Å². The van der Waals surface area contributed by atoms with Gasteiger partial charge in [-0.3, -0.25) is 9.59 Å². The predicted molar refractivity (Wildman–Crippen MR) is 116 cm³/mol. The molecule has 2 amide bonds. The fourth-order valence-electron chi connectivity index (χ4n) is 2.68. The fraction of sp³-hybridized carbons (Fsp3) is 0.182. The van der Waals surface area contributed by atoms with Gasteiger partial charge in [0.05, 0.1) is 29.3 Å². The van der Waals surface area contributed by atoms with Gasteiger partial charge in [-0.1, -0.05) is 30.7 Å². The molecule has 3 aromatic rings. The first-order valence-corrected chi connectivity index (χ1v) is 10.4. The van der Waals surface area contributed by atoms with Crippen molar-refractivity contribution in [2.45, 2.75) is 30.0 Å². The lowest BCUT2D eigenvalue weighted by Gasteiger charge is -2.16. The highest BCUT2D eigenvalue weighted by molar-refractivity contribution is 8.00. The van der Waals surface area contributed by atoms with E-state index < -0.39 is 0 Å². The van der Waals surface area contributed by atoms with Crippen LogP contribution >= 0.6 is 23.4 Å². The zero-order chi connectivity index (χ0) is 20.6. The van der Waals surface area contributed by atoms with Crippen LogP contribution in [0.5, 0.6) is 0 Å². The van der Waals surface area contributed by atoms with Gasteiger partial charge in [0, 0.05) is 9.92 Å². The molecule has 1 heterocycles. The first kappa shape index (κ1) is 21.0. The Kier molecular flexibility index (Phi) is 7.38. The van der Waals surface area contributed by atoms with Gasteiger partial charge < -0.3 is 15.1 Å². The highest BCUT2D eigenvalue weighted by Gasteiger charge is 2.20. The SMILES string of the molecule is CCC(Sc1ccc(Cl)cc1)C(=O)Nc1ccccc1C(=O)NCc1ccco1. The molecule has 3 rings (SSSR count). The van der Waals surface area contributed by atoms with Crippen LogP contribution in [0.1, 0.15) is 29.5 Å². The van der Waals surface area contributed by atoms with Gasteiger partial charge in [-0.05, 0) is 55.0 Å². The molecule has 1 aromatic heterocycles. The number of para-hydroxylation sites is 1. The molecule has 0 bridgehead atoms. The van der Waals surface area contributed by atoms with E-state index in [0.717, 1.165) is 4.90 Å². The lowest BCUT2D eigenvalue weighted by atomic mass is 10.1. The molecule has 2 aromatic carbocycles. The van der Waals surface area contributed by atoms with Crippen molar-refractivity contribution in [1.82, 2.24) is 5.32 Å². The van der Waals surface area contributed by atoms with Crippen molar-refractivity contribution in [3.63, 3.8) is 0 Å². The number of thioether (sulfide) groups is 1. The minimum Gasteiger partial charge on any atom is -0.467 e. The Morgan fingerprint density at radius 3 is 2.52 bits per heavy atom. The van der Waals surface area contributed by atoms with E-state index in [1.165, 1.54) is 11.8 Å². The first-order valence-electron chi connectivity index (χ1n) is 9.19. The minimum absolute atomic E-state index is 0.154. The number of amides is 2. The molecule has 0 saturated heterocycles. The normalized spacial score (nSPS) is 11.7. The first-order chi connectivity index (χ1) is 14.1. The Morgan fingerprint density at radius 1 is 1.07 bits per heavy atom. The standard InChI is InChI=1S/C22H21ClN2O3S/c1-2-20(29-17-11-9-15(23)10-12-17)22(27)25-19-8-4-3-7-18(19)21(26)24-14-16-6-5-13-28-16/h3-13,20H,2,14H2,1H3,(H,24,26)(H,25,27). The van der Waals surface area contributed by atoms with E-state index in [9.17, 15) is 9.59 Å². The van der Waals surface area contributed by atoms with E-state index in [1.807, 2.05) is 19.1 Å². The molecule has 29 heavy (non-hydrogen) atoms. The number of benzene rings is 2. The summed E-state index contributed by atoms with van der Waals surface area (Å²) in [6.07, 6.45) is 2.20. The molecule has 1 unspecified atom stereocenters. The second-order valence-corrected chi connectivity index (χ2v) is 7.98. The van der Waals surface area contributed by atoms with E-state index in [-0.39, 0.29) is 23.6 Å². The number of furan rings is 1. The maximum absolute atomic E-state index is 12.8. The van der Waals surface area contributed by atoms with Crippen molar-refractivity contribution in [3.05, 3.63) is 83.3 Å². The molecule has 0 spiro atoms. The Bertz CT molecular complexity index is 958.